The standard InChI is InChI=1S/C15H21FO3/c1-14(2)8-13(15(3,4)19-14)18-12-6-5-11(16)7-10(12)9-17/h5-7,13,17H,8-9H2,1-4H3. The fraction of sp³-hybridized carbons (Fsp3) is 0.600. The Balaban J connectivity index is 2.22. The van der Waals surface area contributed by atoms with Gasteiger partial charge in [-0.05, 0) is 45.9 Å². The lowest BCUT2D eigenvalue weighted by Crippen LogP contribution is -2.36. The predicted molar refractivity (Wildman–Crippen MR) is 70.6 cm³/mol. The molecule has 4 heteroatoms. The van der Waals surface area contributed by atoms with Crippen LogP contribution in [-0.2, 0) is 11.3 Å². The smallest absolute Gasteiger partial charge is 0.130 e. The monoisotopic (exact) mass is 268 g/mol. The van der Waals surface area contributed by atoms with Gasteiger partial charge in [0.15, 0.2) is 0 Å². The number of hydrogen-bond acceptors (Lipinski definition) is 3. The summed E-state index contributed by atoms with van der Waals surface area (Å²) in [4.78, 5) is 0. The van der Waals surface area contributed by atoms with E-state index in [1.54, 1.807) is 6.07 Å². The Kier molecular flexibility index (Phi) is 3.58. The van der Waals surface area contributed by atoms with E-state index >= 15 is 0 Å². The SMILES string of the molecule is CC1(C)CC(Oc2ccc(F)cc2CO)C(C)(C)O1. The number of aliphatic hydroxyl groups is 1. The molecular formula is C15H21FO3. The van der Waals surface area contributed by atoms with Crippen molar-refractivity contribution in [3.8, 4) is 5.75 Å². The Morgan fingerprint density at radius 3 is 2.58 bits per heavy atom. The van der Waals surface area contributed by atoms with Gasteiger partial charge in [0.05, 0.1) is 12.2 Å². The fourth-order valence-electron chi connectivity index (χ4n) is 2.64. The van der Waals surface area contributed by atoms with Crippen LogP contribution in [0.1, 0.15) is 39.7 Å². The van der Waals surface area contributed by atoms with Gasteiger partial charge < -0.3 is 14.6 Å². The molecule has 0 bridgehead atoms. The number of benzene rings is 1. The predicted octanol–water partition coefficient (Wildman–Crippen LogP) is 3.04. The first-order valence-electron chi connectivity index (χ1n) is 6.50. The first kappa shape index (κ1) is 14.3. The summed E-state index contributed by atoms with van der Waals surface area (Å²) in [6, 6.07) is 4.19. The molecule has 1 aromatic carbocycles. The van der Waals surface area contributed by atoms with Crippen molar-refractivity contribution < 1.29 is 19.0 Å². The van der Waals surface area contributed by atoms with Crippen LogP contribution in [0.5, 0.6) is 5.75 Å². The molecule has 1 unspecified atom stereocenters. The maximum absolute atomic E-state index is 13.1. The number of ether oxygens (including phenoxy) is 2. The minimum absolute atomic E-state index is 0.127. The third-order valence-corrected chi connectivity index (χ3v) is 3.45. The van der Waals surface area contributed by atoms with Gasteiger partial charge >= 0.3 is 0 Å². The molecule has 106 valence electrons. The second-order valence-electron chi connectivity index (χ2n) is 6.19. The maximum Gasteiger partial charge on any atom is 0.130 e. The summed E-state index contributed by atoms with van der Waals surface area (Å²) in [6.07, 6.45) is 0.626. The van der Waals surface area contributed by atoms with Crippen molar-refractivity contribution in [2.75, 3.05) is 0 Å². The van der Waals surface area contributed by atoms with Crippen LogP contribution in [0, 0.1) is 5.82 Å². The summed E-state index contributed by atoms with van der Waals surface area (Å²) in [5.41, 5.74) is -0.196. The van der Waals surface area contributed by atoms with E-state index < -0.39 is 5.60 Å². The molecule has 0 aliphatic carbocycles. The summed E-state index contributed by atoms with van der Waals surface area (Å²) in [5, 5.41) is 9.27. The second-order valence-corrected chi connectivity index (χ2v) is 6.19. The molecule has 1 heterocycles. The van der Waals surface area contributed by atoms with Crippen molar-refractivity contribution in [1.82, 2.24) is 0 Å². The van der Waals surface area contributed by atoms with Crippen LogP contribution >= 0.6 is 0 Å². The van der Waals surface area contributed by atoms with Crippen molar-refractivity contribution in [3.05, 3.63) is 29.6 Å². The molecule has 0 radical (unpaired) electrons. The highest BCUT2D eigenvalue weighted by molar-refractivity contribution is 5.34. The molecule has 19 heavy (non-hydrogen) atoms. The highest BCUT2D eigenvalue weighted by Crippen LogP contribution is 2.40. The van der Waals surface area contributed by atoms with Crippen molar-refractivity contribution >= 4 is 0 Å². The van der Waals surface area contributed by atoms with Crippen molar-refractivity contribution in [2.45, 2.75) is 58.0 Å². The first-order chi connectivity index (χ1) is 8.73. The molecule has 2 rings (SSSR count). The molecule has 1 aliphatic heterocycles. The topological polar surface area (TPSA) is 38.7 Å². The van der Waals surface area contributed by atoms with E-state index in [2.05, 4.69) is 0 Å². The Bertz CT molecular complexity index is 468. The number of hydrogen-bond donors (Lipinski definition) is 1. The molecule has 3 nitrogen and oxygen atoms in total. The largest absolute Gasteiger partial charge is 0.487 e. The zero-order valence-electron chi connectivity index (χ0n) is 11.9. The van der Waals surface area contributed by atoms with Crippen LogP contribution in [0.15, 0.2) is 18.2 Å². The van der Waals surface area contributed by atoms with E-state index in [9.17, 15) is 9.50 Å². The van der Waals surface area contributed by atoms with Crippen LogP contribution < -0.4 is 4.74 Å². The minimum Gasteiger partial charge on any atom is -0.487 e. The van der Waals surface area contributed by atoms with Crippen molar-refractivity contribution in [2.24, 2.45) is 0 Å². The van der Waals surface area contributed by atoms with E-state index in [0.29, 0.717) is 11.3 Å². The molecule has 1 fully saturated rings. The van der Waals surface area contributed by atoms with Crippen LogP contribution in [0.4, 0.5) is 4.39 Å². The summed E-state index contributed by atoms with van der Waals surface area (Å²) >= 11 is 0. The average molecular weight is 268 g/mol. The van der Waals surface area contributed by atoms with Gasteiger partial charge in [0.2, 0.25) is 0 Å². The highest BCUT2D eigenvalue weighted by Gasteiger charge is 2.47. The molecule has 1 aromatic rings. The summed E-state index contributed by atoms with van der Waals surface area (Å²) in [5.74, 6) is 0.141. The molecule has 0 spiro atoms. The zero-order chi connectivity index (χ0) is 14.3. The van der Waals surface area contributed by atoms with Gasteiger partial charge in [-0.1, -0.05) is 0 Å². The molecule has 1 N–H and O–H groups in total. The van der Waals surface area contributed by atoms with Crippen LogP contribution in [0.2, 0.25) is 0 Å². The molecule has 1 saturated heterocycles. The Hall–Kier alpha value is -1.13. The normalized spacial score (nSPS) is 24.4. The van der Waals surface area contributed by atoms with Gasteiger partial charge in [-0.3, -0.25) is 0 Å². The number of halogens is 1. The molecule has 0 saturated carbocycles. The minimum atomic E-state index is -0.412. The van der Waals surface area contributed by atoms with Gasteiger partial charge in [-0.15, -0.1) is 0 Å². The number of rotatable bonds is 3. The molecule has 0 amide bonds. The van der Waals surface area contributed by atoms with Crippen molar-refractivity contribution in [1.29, 1.82) is 0 Å². The zero-order valence-corrected chi connectivity index (χ0v) is 11.9. The van der Waals surface area contributed by atoms with Gasteiger partial charge in [0.1, 0.15) is 23.3 Å². The molecule has 1 atom stereocenters. The second kappa shape index (κ2) is 4.76. The summed E-state index contributed by atoms with van der Waals surface area (Å²) in [7, 11) is 0. The maximum atomic E-state index is 13.1. The lowest BCUT2D eigenvalue weighted by molar-refractivity contribution is -0.0847. The van der Waals surface area contributed by atoms with Gasteiger partial charge in [0.25, 0.3) is 0 Å². The summed E-state index contributed by atoms with van der Waals surface area (Å²) in [6.45, 7) is 7.76. The van der Waals surface area contributed by atoms with Crippen LogP contribution in [0.3, 0.4) is 0 Å². The van der Waals surface area contributed by atoms with Crippen LogP contribution in [0.25, 0.3) is 0 Å². The van der Waals surface area contributed by atoms with Gasteiger partial charge in [0, 0.05) is 12.0 Å². The van der Waals surface area contributed by atoms with E-state index in [0.717, 1.165) is 6.42 Å². The quantitative estimate of drug-likeness (QED) is 0.915. The van der Waals surface area contributed by atoms with E-state index in [4.69, 9.17) is 9.47 Å². The van der Waals surface area contributed by atoms with E-state index in [1.807, 2.05) is 27.7 Å². The fourth-order valence-corrected chi connectivity index (χ4v) is 2.64. The first-order valence-corrected chi connectivity index (χ1v) is 6.50. The average Bonchev–Trinajstić information content (AvgIpc) is 2.49. The highest BCUT2D eigenvalue weighted by atomic mass is 19.1. The Morgan fingerprint density at radius 1 is 1.37 bits per heavy atom. The number of aliphatic hydroxyl groups excluding tert-OH is 1. The van der Waals surface area contributed by atoms with Crippen LogP contribution in [-0.4, -0.2) is 22.4 Å². The molecular weight excluding hydrogens is 247 g/mol. The van der Waals surface area contributed by atoms with E-state index in [-0.39, 0.29) is 24.1 Å². The van der Waals surface area contributed by atoms with Gasteiger partial charge in [-0.2, -0.15) is 0 Å². The Labute approximate surface area is 113 Å². The van der Waals surface area contributed by atoms with E-state index in [1.165, 1.54) is 12.1 Å². The lowest BCUT2D eigenvalue weighted by atomic mass is 9.97. The molecule has 0 aromatic heterocycles. The Morgan fingerprint density at radius 2 is 2.05 bits per heavy atom. The third kappa shape index (κ3) is 3.07. The third-order valence-electron chi connectivity index (χ3n) is 3.45. The lowest BCUT2D eigenvalue weighted by Gasteiger charge is -2.28. The van der Waals surface area contributed by atoms with Crippen molar-refractivity contribution in [3.63, 3.8) is 0 Å². The molecule has 1 aliphatic rings. The van der Waals surface area contributed by atoms with Gasteiger partial charge in [-0.25, -0.2) is 4.39 Å². The summed E-state index contributed by atoms with van der Waals surface area (Å²) < 4.78 is 25.0.